The number of hydrogen-bond acceptors (Lipinski definition) is 19. The molecular formula is C65H70F9N17O9. The van der Waals surface area contributed by atoms with Crippen LogP contribution < -0.4 is 55.4 Å². The van der Waals surface area contributed by atoms with Crippen molar-refractivity contribution in [2.75, 3.05) is 104 Å². The molecular weight excluding hydrogens is 1330 g/mol. The first-order chi connectivity index (χ1) is 47.5. The number of fused-ring (bicyclic) bond motifs is 12. The molecule has 100 heavy (non-hydrogen) atoms. The van der Waals surface area contributed by atoms with Gasteiger partial charge in [-0.3, -0.25) is 45.0 Å². The zero-order valence-corrected chi connectivity index (χ0v) is 54.1. The molecule has 26 nitrogen and oxygen atoms in total. The second kappa shape index (κ2) is 29.4. The number of nitrogens with one attached hydrogen (secondary N) is 4. The highest BCUT2D eigenvalue weighted by molar-refractivity contribution is 6.07. The van der Waals surface area contributed by atoms with Gasteiger partial charge in [0.1, 0.15) is 48.0 Å². The SMILES string of the molecule is CC(C)c1ccc(NC(=O)N2c3nc(C(=O)CCC(F)(F)F)ccc3N3CC[C@H]2C3)nc1.C[C@@H](CC(=O)c1ccc2c(n1)N(C(=O)Nc1ncc(OC[C@H](O)CO)cn1)[C@H]1CCN2C1)C(F)(F)F.O=C(NCC(F)(F)F)c1ccc2c(n1)N(C(=O)Nc1ccc(C3CC3)cn1)[C@H]1CCN2C1. The Morgan fingerprint density at radius 1 is 0.570 bits per heavy atom. The van der Waals surface area contributed by atoms with E-state index in [9.17, 15) is 73.4 Å². The van der Waals surface area contributed by atoms with Crippen molar-refractivity contribution in [3.8, 4) is 5.75 Å². The minimum Gasteiger partial charge on any atom is -0.488 e. The highest BCUT2D eigenvalue weighted by Crippen LogP contribution is 2.44. The minimum atomic E-state index is -4.53. The maximum Gasteiger partial charge on any atom is 0.405 e. The van der Waals surface area contributed by atoms with Crippen molar-refractivity contribution in [2.24, 2.45) is 5.92 Å². The highest BCUT2D eigenvalue weighted by atomic mass is 19.4. The maximum atomic E-state index is 13.2. The van der Waals surface area contributed by atoms with E-state index in [1.165, 1.54) is 45.3 Å². The normalized spacial score (nSPS) is 18.5. The van der Waals surface area contributed by atoms with Gasteiger partial charge in [-0.15, -0.1) is 0 Å². The summed E-state index contributed by atoms with van der Waals surface area (Å²) in [6, 6.07) is 14.3. The summed E-state index contributed by atoms with van der Waals surface area (Å²) in [5, 5.41) is 28.1. The molecule has 532 valence electrons. The largest absolute Gasteiger partial charge is 0.488 e. The second-order valence-electron chi connectivity index (χ2n) is 25.4. The number of pyridine rings is 5. The van der Waals surface area contributed by atoms with E-state index in [0.717, 1.165) is 50.4 Å². The fourth-order valence-corrected chi connectivity index (χ4v) is 12.2. The van der Waals surface area contributed by atoms with E-state index in [2.05, 4.69) is 60.6 Å². The number of urea groups is 3. The summed E-state index contributed by atoms with van der Waals surface area (Å²) in [4.78, 5) is 117. The monoisotopic (exact) mass is 1400 g/mol. The predicted octanol–water partition coefficient (Wildman–Crippen LogP) is 10.0. The quantitative estimate of drug-likeness (QED) is 0.0365. The summed E-state index contributed by atoms with van der Waals surface area (Å²) in [6.07, 6.45) is -6.72. The summed E-state index contributed by atoms with van der Waals surface area (Å²) < 4.78 is 119. The van der Waals surface area contributed by atoms with Crippen molar-refractivity contribution in [3.63, 3.8) is 0 Å². The minimum absolute atomic E-state index is 0.0386. The smallest absolute Gasteiger partial charge is 0.405 e. The summed E-state index contributed by atoms with van der Waals surface area (Å²) in [5.74, 6) is -1.68. The number of carbonyl (C=O) groups is 6. The second-order valence-corrected chi connectivity index (χ2v) is 25.4. The van der Waals surface area contributed by atoms with Gasteiger partial charge < -0.3 is 35.0 Å². The van der Waals surface area contributed by atoms with Crippen LogP contribution in [0.15, 0.2) is 85.5 Å². The van der Waals surface area contributed by atoms with Crippen LogP contribution in [-0.4, -0.2) is 182 Å². The Balaban J connectivity index is 0.000000152. The number of anilines is 9. The average molecular weight is 1400 g/mol. The van der Waals surface area contributed by atoms with E-state index in [4.69, 9.17) is 9.84 Å². The van der Waals surface area contributed by atoms with Gasteiger partial charge in [-0.25, -0.2) is 49.3 Å². The molecule has 1 saturated carbocycles. The van der Waals surface area contributed by atoms with Gasteiger partial charge in [-0.1, -0.05) is 32.9 Å². The Bertz CT molecular complexity index is 3840. The Morgan fingerprint density at radius 3 is 1.49 bits per heavy atom. The van der Waals surface area contributed by atoms with Crippen molar-refractivity contribution in [1.29, 1.82) is 0 Å². The first kappa shape index (κ1) is 71.2. The van der Waals surface area contributed by atoms with Crippen molar-refractivity contribution < 1.29 is 83.2 Å². The van der Waals surface area contributed by atoms with Gasteiger partial charge in [-0.05, 0) is 104 Å². The maximum absolute atomic E-state index is 13.2. The van der Waals surface area contributed by atoms with Gasteiger partial charge in [0.2, 0.25) is 5.95 Å². The number of ketones is 2. The van der Waals surface area contributed by atoms with Gasteiger partial charge in [0, 0.05) is 64.5 Å². The summed E-state index contributed by atoms with van der Waals surface area (Å²) in [6.45, 7) is 6.85. The molecule has 35 heteroatoms. The standard InChI is InChI=1S/C22H25F3N6O5.C22H24F3N5O2.C21H21F3N6O2/c1-12(22(23,24)25)6-18(34)16-2-3-17-19(28-16)31(13-4-5-30(17)9-13)21(35)29-20-26-7-15(8-27-20)36-11-14(33)10-32;1-13(2)14-3-6-19(26-11-14)28-21(32)30-15-8-10-29(12-15)17-5-4-16(27-20(17)30)18(31)7-9-22(23,24)25;22-21(23,24)11-26-19(31)15-4-5-16-18(27-15)30(14-7-8-29(16)10-14)20(32)28-17-6-3-13(9-25-17)12-1-2-12/h2-3,7-8,12-14,32-33H,4-6,9-11H2,1H3,(H,26,27,29,35);3-6,11,13,15H,7-10,12H2,1-2H3,(H,26,28,32);3-6,9,12,14H,1-2,7-8,10-11H2,(H,26,31)(H,25,28,32)/t12-,13-,14+;15-;14-/m000/s1. The van der Waals surface area contributed by atoms with Crippen molar-refractivity contribution in [1.82, 2.24) is 40.2 Å². The lowest BCUT2D eigenvalue weighted by molar-refractivity contribution is -0.168. The van der Waals surface area contributed by atoms with Crippen LogP contribution in [-0.2, 0) is 0 Å². The third-order valence-corrected chi connectivity index (χ3v) is 17.7. The predicted molar refractivity (Wildman–Crippen MR) is 346 cm³/mol. The van der Waals surface area contributed by atoms with E-state index < -0.39 is 98.5 Å². The number of aliphatic hydroxyl groups excluding tert-OH is 2. The number of alkyl halides is 9. The van der Waals surface area contributed by atoms with E-state index in [0.29, 0.717) is 79.6 Å². The van der Waals surface area contributed by atoms with E-state index in [1.807, 2.05) is 36.2 Å². The molecule has 13 rings (SSSR count). The molecule has 6 bridgehead atoms. The Morgan fingerprint density at radius 2 is 1.05 bits per heavy atom. The first-order valence-electron chi connectivity index (χ1n) is 32.3. The fraction of sp³-hybridized carbons (Fsp3) is 0.462. The lowest BCUT2D eigenvalue weighted by Crippen LogP contribution is -2.48. The molecule has 5 atom stereocenters. The Hall–Kier alpha value is -10.1. The molecule has 4 fully saturated rings. The zero-order chi connectivity index (χ0) is 71.5. The van der Waals surface area contributed by atoms with Gasteiger partial charge in [0.05, 0.1) is 66.5 Å². The molecule has 0 aromatic carbocycles. The van der Waals surface area contributed by atoms with E-state index in [1.54, 1.807) is 42.7 Å². The van der Waals surface area contributed by atoms with E-state index in [-0.39, 0.29) is 71.0 Å². The summed E-state index contributed by atoms with van der Waals surface area (Å²) >= 11 is 0. The third kappa shape index (κ3) is 17.0. The van der Waals surface area contributed by atoms with Gasteiger partial charge in [-0.2, -0.15) is 39.5 Å². The van der Waals surface area contributed by atoms with Crippen LogP contribution in [0.3, 0.4) is 0 Å². The number of hydrogen-bond donors (Lipinski definition) is 6. The van der Waals surface area contributed by atoms with Crippen LogP contribution in [0.2, 0.25) is 0 Å². The molecule has 6 aromatic heterocycles. The number of rotatable bonds is 17. The number of Topliss-reactive ketones (excluding diaryl/α,β-unsaturated/α-hetero) is 2. The van der Waals surface area contributed by atoms with Gasteiger partial charge in [0.25, 0.3) is 5.91 Å². The fourth-order valence-electron chi connectivity index (χ4n) is 12.2. The molecule has 3 saturated heterocycles. The van der Waals surface area contributed by atoms with Gasteiger partial charge >= 0.3 is 36.6 Å². The van der Waals surface area contributed by atoms with Crippen LogP contribution in [0.5, 0.6) is 5.75 Å². The van der Waals surface area contributed by atoms with Crippen molar-refractivity contribution in [2.45, 2.75) is 127 Å². The van der Waals surface area contributed by atoms with Crippen LogP contribution in [0.4, 0.5) is 106 Å². The molecule has 0 unspecified atom stereocenters. The number of nitrogens with zero attached hydrogens (tertiary/aromatic N) is 13. The summed E-state index contributed by atoms with van der Waals surface area (Å²) in [5.41, 5.74) is 3.74. The number of amides is 7. The number of ether oxygens (including phenoxy) is 1. The van der Waals surface area contributed by atoms with Crippen molar-refractivity contribution >= 4 is 87.7 Å². The molecule has 7 amide bonds. The molecule has 6 aromatic rings. The average Bonchev–Trinajstić information content (AvgIpc) is 1.54. The Kier molecular flexibility index (Phi) is 20.9. The number of carbonyl (C=O) groups excluding carboxylic acids is 6. The zero-order valence-electron chi connectivity index (χ0n) is 54.1. The molecule has 7 aliphatic rings. The molecule has 12 heterocycles. The number of halogens is 9. The molecule has 6 aliphatic heterocycles. The Labute approximate surface area is 565 Å². The third-order valence-electron chi connectivity index (χ3n) is 17.7. The summed E-state index contributed by atoms with van der Waals surface area (Å²) in [7, 11) is 0. The lowest BCUT2D eigenvalue weighted by atomic mass is 10.0. The van der Waals surface area contributed by atoms with Crippen molar-refractivity contribution in [3.05, 3.63) is 114 Å². The first-order valence-corrected chi connectivity index (χ1v) is 32.3. The molecule has 1 aliphatic carbocycles. The lowest BCUT2D eigenvalue weighted by Gasteiger charge is -2.35. The number of aromatic nitrogens is 7. The van der Waals surface area contributed by atoms with Crippen LogP contribution in [0.1, 0.15) is 127 Å². The van der Waals surface area contributed by atoms with Crippen LogP contribution in [0, 0.1) is 5.92 Å². The highest BCUT2D eigenvalue weighted by Gasteiger charge is 2.45. The topological polar surface area (TPSA) is 310 Å². The molecule has 0 spiro atoms. The molecule has 0 radical (unpaired) electrons. The van der Waals surface area contributed by atoms with Crippen LogP contribution in [0.25, 0.3) is 0 Å². The van der Waals surface area contributed by atoms with E-state index >= 15 is 0 Å². The van der Waals surface area contributed by atoms with Gasteiger partial charge in [0.15, 0.2) is 34.8 Å². The molecule has 6 N–H and O–H groups in total. The van der Waals surface area contributed by atoms with Crippen LogP contribution >= 0.6 is 0 Å². The number of aliphatic hydroxyl groups is 2.